The monoisotopic (exact) mass is 336 g/mol. The molecule has 0 bridgehead atoms. The van der Waals surface area contributed by atoms with Gasteiger partial charge in [0.25, 0.3) is 9.05 Å². The van der Waals surface area contributed by atoms with Gasteiger partial charge in [0.15, 0.2) is 0 Å². The number of halogens is 2. The molecule has 0 aromatic heterocycles. The molecule has 1 aromatic carbocycles. The van der Waals surface area contributed by atoms with E-state index in [0.29, 0.717) is 12.3 Å². The molecule has 0 saturated heterocycles. The van der Waals surface area contributed by atoms with E-state index < -0.39 is 25.7 Å². The fraction of sp³-hybridized carbons (Fsp3) is 0.500. The summed E-state index contributed by atoms with van der Waals surface area (Å²) in [4.78, 5) is 11.5. The van der Waals surface area contributed by atoms with Gasteiger partial charge in [-0.2, -0.15) is 0 Å². The number of benzene rings is 1. The zero-order valence-electron chi connectivity index (χ0n) is 12.2. The van der Waals surface area contributed by atoms with Crippen molar-refractivity contribution in [3.8, 4) is 0 Å². The minimum absolute atomic E-state index is 0.0836. The van der Waals surface area contributed by atoms with Crippen LogP contribution in [-0.4, -0.2) is 21.0 Å². The molecule has 0 N–H and O–H groups in total. The van der Waals surface area contributed by atoms with Crippen LogP contribution in [0.5, 0.6) is 0 Å². The molecule has 7 heteroatoms. The second-order valence-corrected chi connectivity index (χ2v) is 7.72. The van der Waals surface area contributed by atoms with Crippen molar-refractivity contribution in [3.05, 3.63) is 29.1 Å². The summed E-state index contributed by atoms with van der Waals surface area (Å²) in [5.41, 5.74) is -0.0426. The predicted octanol–water partition coefficient (Wildman–Crippen LogP) is 3.65. The zero-order chi connectivity index (χ0) is 16.2. The van der Waals surface area contributed by atoms with E-state index in [2.05, 4.69) is 13.8 Å². The number of rotatable bonds is 6. The van der Waals surface area contributed by atoms with E-state index in [-0.39, 0.29) is 17.7 Å². The van der Waals surface area contributed by atoms with Gasteiger partial charge in [0, 0.05) is 10.7 Å². The maximum absolute atomic E-state index is 13.5. The van der Waals surface area contributed by atoms with Gasteiger partial charge in [0.05, 0.1) is 17.1 Å². The van der Waals surface area contributed by atoms with E-state index in [1.165, 1.54) is 6.92 Å². The molecule has 0 aliphatic heterocycles. The summed E-state index contributed by atoms with van der Waals surface area (Å²) in [7, 11) is 1.10. The Balaban J connectivity index is 2.93. The molecule has 0 aliphatic rings. The van der Waals surface area contributed by atoms with E-state index in [4.69, 9.17) is 15.4 Å². The number of hydrogen-bond acceptors (Lipinski definition) is 4. The summed E-state index contributed by atoms with van der Waals surface area (Å²) >= 11 is 0. The number of ether oxygens (including phenoxy) is 1. The first-order chi connectivity index (χ1) is 9.62. The van der Waals surface area contributed by atoms with Gasteiger partial charge >= 0.3 is 5.97 Å². The number of esters is 1. The highest BCUT2D eigenvalue weighted by Gasteiger charge is 2.21. The van der Waals surface area contributed by atoms with Crippen LogP contribution in [0.2, 0.25) is 0 Å². The molecule has 4 nitrogen and oxygen atoms in total. The number of carbonyl (C=O) groups excluding carboxylic acids is 1. The summed E-state index contributed by atoms with van der Waals surface area (Å²) < 4.78 is 41.2. The first-order valence-electron chi connectivity index (χ1n) is 6.55. The molecule has 118 valence electrons. The highest BCUT2D eigenvalue weighted by Crippen LogP contribution is 2.24. The fourth-order valence-corrected chi connectivity index (χ4v) is 3.06. The second kappa shape index (κ2) is 7.22. The van der Waals surface area contributed by atoms with Crippen molar-refractivity contribution >= 4 is 25.7 Å². The highest BCUT2D eigenvalue weighted by molar-refractivity contribution is 8.13. The molecule has 0 radical (unpaired) electrons. The van der Waals surface area contributed by atoms with Crippen molar-refractivity contribution in [2.75, 3.05) is 6.61 Å². The average Bonchev–Trinajstić information content (AvgIpc) is 2.35. The van der Waals surface area contributed by atoms with Crippen molar-refractivity contribution in [3.63, 3.8) is 0 Å². The maximum atomic E-state index is 13.5. The summed E-state index contributed by atoms with van der Waals surface area (Å²) in [5, 5.41) is 0. The lowest BCUT2D eigenvalue weighted by atomic mass is 10.1. The van der Waals surface area contributed by atoms with Crippen LogP contribution in [0.4, 0.5) is 4.39 Å². The Bertz CT molecular complexity index is 626. The van der Waals surface area contributed by atoms with E-state index in [1.54, 1.807) is 0 Å². The molecule has 0 heterocycles. The van der Waals surface area contributed by atoms with Crippen molar-refractivity contribution < 1.29 is 22.3 Å². The number of hydrogen-bond donors (Lipinski definition) is 0. The maximum Gasteiger partial charge on any atom is 0.338 e. The molecule has 21 heavy (non-hydrogen) atoms. The van der Waals surface area contributed by atoms with Gasteiger partial charge in [0.1, 0.15) is 5.82 Å². The smallest absolute Gasteiger partial charge is 0.338 e. The van der Waals surface area contributed by atoms with Gasteiger partial charge < -0.3 is 4.74 Å². The normalized spacial score (nSPS) is 11.7. The van der Waals surface area contributed by atoms with Crippen LogP contribution >= 0.6 is 10.7 Å². The molecule has 1 aromatic rings. The lowest BCUT2D eigenvalue weighted by Gasteiger charge is -2.10. The summed E-state index contributed by atoms with van der Waals surface area (Å²) in [6, 6.07) is 1.74. The minimum Gasteiger partial charge on any atom is -0.462 e. The third kappa shape index (κ3) is 5.28. The van der Waals surface area contributed by atoms with Gasteiger partial charge in [-0.15, -0.1) is 0 Å². The van der Waals surface area contributed by atoms with Gasteiger partial charge in [-0.05, 0) is 43.4 Å². The first-order valence-corrected chi connectivity index (χ1v) is 8.85. The largest absolute Gasteiger partial charge is 0.462 e. The van der Waals surface area contributed by atoms with Crippen molar-refractivity contribution in [1.29, 1.82) is 0 Å². The molecular weight excluding hydrogens is 319 g/mol. The lowest BCUT2D eigenvalue weighted by molar-refractivity contribution is 0.0493. The third-order valence-electron chi connectivity index (χ3n) is 2.97. The van der Waals surface area contributed by atoms with Gasteiger partial charge in [-0.3, -0.25) is 0 Å². The molecule has 0 unspecified atom stereocenters. The lowest BCUT2D eigenvalue weighted by Crippen LogP contribution is -2.11. The van der Waals surface area contributed by atoms with Gasteiger partial charge in [0.2, 0.25) is 0 Å². The van der Waals surface area contributed by atoms with Gasteiger partial charge in [-0.25, -0.2) is 17.6 Å². The standard InChI is InChI=1S/C14H18ClFO4S/c1-9(2)5-4-6-20-14(17)12-7-11(16)8-13(10(12)3)21(15,18)19/h7-9H,4-6H2,1-3H3. The minimum atomic E-state index is -4.12. The molecular formula is C14H18ClFO4S. The van der Waals surface area contributed by atoms with Crippen LogP contribution in [-0.2, 0) is 13.8 Å². The third-order valence-corrected chi connectivity index (χ3v) is 4.41. The summed E-state index contributed by atoms with van der Waals surface area (Å²) in [5.74, 6) is -1.11. The molecule has 0 amide bonds. The Labute approximate surface area is 128 Å². The predicted molar refractivity (Wildman–Crippen MR) is 78.5 cm³/mol. The Kier molecular flexibility index (Phi) is 6.16. The van der Waals surface area contributed by atoms with Crippen LogP contribution in [0.1, 0.15) is 42.6 Å². The van der Waals surface area contributed by atoms with Crippen molar-refractivity contribution in [1.82, 2.24) is 0 Å². The molecule has 0 fully saturated rings. The Morgan fingerprint density at radius 3 is 2.52 bits per heavy atom. The van der Waals surface area contributed by atoms with Crippen LogP contribution in [0.25, 0.3) is 0 Å². The van der Waals surface area contributed by atoms with E-state index in [9.17, 15) is 17.6 Å². The quantitative estimate of drug-likeness (QED) is 0.452. The number of carbonyl (C=O) groups is 1. The SMILES string of the molecule is Cc1c(C(=O)OCCCC(C)C)cc(F)cc1S(=O)(=O)Cl. The fourth-order valence-electron chi connectivity index (χ4n) is 1.85. The van der Waals surface area contributed by atoms with Crippen molar-refractivity contribution in [2.24, 2.45) is 5.92 Å². The topological polar surface area (TPSA) is 60.4 Å². The zero-order valence-corrected chi connectivity index (χ0v) is 13.7. The average molecular weight is 337 g/mol. The molecule has 0 spiro atoms. The second-order valence-electron chi connectivity index (χ2n) is 5.19. The summed E-state index contributed by atoms with van der Waals surface area (Å²) in [6.07, 6.45) is 1.59. The van der Waals surface area contributed by atoms with Gasteiger partial charge in [-0.1, -0.05) is 13.8 Å². The van der Waals surface area contributed by atoms with Crippen molar-refractivity contribution in [2.45, 2.75) is 38.5 Å². The Morgan fingerprint density at radius 1 is 1.38 bits per heavy atom. The first kappa shape index (κ1) is 17.9. The van der Waals surface area contributed by atoms with E-state index in [0.717, 1.165) is 18.6 Å². The molecule has 1 rings (SSSR count). The van der Waals surface area contributed by atoms with Crippen LogP contribution in [0.15, 0.2) is 17.0 Å². The van der Waals surface area contributed by atoms with Crippen LogP contribution in [0, 0.1) is 18.7 Å². The van der Waals surface area contributed by atoms with Crippen LogP contribution < -0.4 is 0 Å². The Morgan fingerprint density at radius 2 is 2.00 bits per heavy atom. The molecule has 0 atom stereocenters. The highest BCUT2D eigenvalue weighted by atomic mass is 35.7. The Hall–Kier alpha value is -1.14. The van der Waals surface area contributed by atoms with E-state index in [1.807, 2.05) is 0 Å². The molecule has 0 aliphatic carbocycles. The van der Waals surface area contributed by atoms with Crippen LogP contribution in [0.3, 0.4) is 0 Å². The van der Waals surface area contributed by atoms with E-state index >= 15 is 0 Å². The molecule has 0 saturated carbocycles. The summed E-state index contributed by atoms with van der Waals surface area (Å²) in [6.45, 7) is 5.70.